The molecule has 4 heteroatoms. The molecule has 0 aromatic rings. The summed E-state index contributed by atoms with van der Waals surface area (Å²) in [5, 5.41) is 16.0. The van der Waals surface area contributed by atoms with E-state index in [1.807, 2.05) is 0 Å². The average Bonchev–Trinajstić information content (AvgIpc) is 2.25. The summed E-state index contributed by atoms with van der Waals surface area (Å²) in [5.74, 6) is 0.584. The normalized spacial score (nSPS) is 19.6. The number of aliphatic hydroxyl groups is 1. The quantitative estimate of drug-likeness (QED) is 0.694. The van der Waals surface area contributed by atoms with E-state index in [2.05, 4.69) is 31.4 Å². The zero-order chi connectivity index (χ0) is 13.6. The highest BCUT2D eigenvalue weighted by Crippen LogP contribution is 2.20. The molecule has 1 heterocycles. The highest BCUT2D eigenvalue weighted by molar-refractivity contribution is 5.76. The van der Waals surface area contributed by atoms with Gasteiger partial charge in [0.2, 0.25) is 5.91 Å². The highest BCUT2D eigenvalue weighted by atomic mass is 16.3. The molecule has 0 aromatic carbocycles. The van der Waals surface area contributed by atoms with Crippen molar-refractivity contribution >= 4 is 5.91 Å². The maximum atomic E-state index is 11.7. The molecule has 0 saturated carbocycles. The SMILES string of the molecule is CC(C)(C)CC(O)CNC(=O)CC1CCNCC1. The van der Waals surface area contributed by atoms with Gasteiger partial charge in [-0.2, -0.15) is 0 Å². The lowest BCUT2D eigenvalue weighted by molar-refractivity contribution is -0.122. The Bertz CT molecular complexity index is 255. The second kappa shape index (κ2) is 7.10. The maximum Gasteiger partial charge on any atom is 0.220 e. The maximum absolute atomic E-state index is 11.7. The van der Waals surface area contributed by atoms with Crippen LogP contribution in [0.25, 0.3) is 0 Å². The first kappa shape index (κ1) is 15.4. The second-order valence-corrected chi connectivity index (χ2v) is 6.62. The van der Waals surface area contributed by atoms with Gasteiger partial charge in [-0.25, -0.2) is 0 Å². The van der Waals surface area contributed by atoms with Gasteiger partial charge in [0.15, 0.2) is 0 Å². The third-order valence-corrected chi connectivity index (χ3v) is 3.32. The molecule has 106 valence electrons. The van der Waals surface area contributed by atoms with Crippen molar-refractivity contribution in [2.45, 2.75) is 52.6 Å². The molecule has 18 heavy (non-hydrogen) atoms. The molecule has 0 radical (unpaired) electrons. The fourth-order valence-corrected chi connectivity index (χ4v) is 2.43. The average molecular weight is 256 g/mol. The number of aliphatic hydroxyl groups excluding tert-OH is 1. The second-order valence-electron chi connectivity index (χ2n) is 6.62. The van der Waals surface area contributed by atoms with Gasteiger partial charge in [0, 0.05) is 13.0 Å². The van der Waals surface area contributed by atoms with Gasteiger partial charge in [0.25, 0.3) is 0 Å². The number of carbonyl (C=O) groups is 1. The van der Waals surface area contributed by atoms with E-state index in [0.29, 0.717) is 25.3 Å². The first-order chi connectivity index (χ1) is 8.37. The third-order valence-electron chi connectivity index (χ3n) is 3.32. The zero-order valence-electron chi connectivity index (χ0n) is 12.0. The van der Waals surface area contributed by atoms with Gasteiger partial charge < -0.3 is 15.7 Å². The summed E-state index contributed by atoms with van der Waals surface area (Å²) in [6, 6.07) is 0. The summed E-state index contributed by atoms with van der Waals surface area (Å²) in [4.78, 5) is 11.7. The Morgan fingerprint density at radius 3 is 2.56 bits per heavy atom. The van der Waals surface area contributed by atoms with Crippen molar-refractivity contribution in [2.24, 2.45) is 11.3 Å². The number of nitrogens with one attached hydrogen (secondary N) is 2. The van der Waals surface area contributed by atoms with Crippen LogP contribution in [0.3, 0.4) is 0 Å². The van der Waals surface area contributed by atoms with Crippen molar-refractivity contribution in [1.82, 2.24) is 10.6 Å². The van der Waals surface area contributed by atoms with E-state index >= 15 is 0 Å². The smallest absolute Gasteiger partial charge is 0.220 e. The van der Waals surface area contributed by atoms with Crippen molar-refractivity contribution in [3.8, 4) is 0 Å². The first-order valence-electron chi connectivity index (χ1n) is 7.02. The summed E-state index contributed by atoms with van der Waals surface area (Å²) in [6.07, 6.45) is 3.03. The molecule has 0 aromatic heterocycles. The minimum absolute atomic E-state index is 0.0786. The summed E-state index contributed by atoms with van der Waals surface area (Å²) in [7, 11) is 0. The van der Waals surface area contributed by atoms with Crippen LogP contribution in [0.2, 0.25) is 0 Å². The molecule has 1 fully saturated rings. The van der Waals surface area contributed by atoms with E-state index in [0.717, 1.165) is 25.9 Å². The zero-order valence-corrected chi connectivity index (χ0v) is 12.0. The lowest BCUT2D eigenvalue weighted by Gasteiger charge is -2.24. The third kappa shape index (κ3) is 6.97. The molecule has 1 atom stereocenters. The van der Waals surface area contributed by atoms with Crippen molar-refractivity contribution in [3.05, 3.63) is 0 Å². The Kier molecular flexibility index (Phi) is 6.09. The Balaban J connectivity index is 2.16. The van der Waals surface area contributed by atoms with E-state index in [9.17, 15) is 9.90 Å². The van der Waals surface area contributed by atoms with E-state index in [1.165, 1.54) is 0 Å². The van der Waals surface area contributed by atoms with Gasteiger partial charge in [-0.3, -0.25) is 4.79 Å². The van der Waals surface area contributed by atoms with Crippen LogP contribution in [0.5, 0.6) is 0 Å². The predicted molar refractivity (Wildman–Crippen MR) is 73.3 cm³/mol. The number of hydrogen-bond acceptors (Lipinski definition) is 3. The van der Waals surface area contributed by atoms with Crippen molar-refractivity contribution in [3.63, 3.8) is 0 Å². The Morgan fingerprint density at radius 2 is 2.00 bits per heavy atom. The van der Waals surface area contributed by atoms with Crippen molar-refractivity contribution in [1.29, 1.82) is 0 Å². The molecule has 1 saturated heterocycles. The van der Waals surface area contributed by atoms with Crippen molar-refractivity contribution in [2.75, 3.05) is 19.6 Å². The lowest BCUT2D eigenvalue weighted by atomic mass is 9.89. The van der Waals surface area contributed by atoms with Gasteiger partial charge in [0.05, 0.1) is 6.10 Å². The minimum atomic E-state index is -0.443. The molecular formula is C14H28N2O2. The number of rotatable bonds is 5. The number of piperidine rings is 1. The summed E-state index contributed by atoms with van der Waals surface area (Å²) in [6.45, 7) is 8.68. The fraction of sp³-hybridized carbons (Fsp3) is 0.929. The van der Waals surface area contributed by atoms with Crippen LogP contribution in [-0.4, -0.2) is 36.8 Å². The van der Waals surface area contributed by atoms with E-state index < -0.39 is 6.10 Å². The van der Waals surface area contributed by atoms with Gasteiger partial charge in [-0.05, 0) is 43.7 Å². The first-order valence-corrected chi connectivity index (χ1v) is 7.02. The molecule has 0 spiro atoms. The van der Waals surface area contributed by atoms with E-state index in [1.54, 1.807) is 0 Å². The molecule has 0 aliphatic carbocycles. The van der Waals surface area contributed by atoms with Crippen LogP contribution in [0.1, 0.15) is 46.5 Å². The van der Waals surface area contributed by atoms with Gasteiger partial charge in [-0.1, -0.05) is 20.8 Å². The Hall–Kier alpha value is -0.610. The summed E-state index contributed by atoms with van der Waals surface area (Å²) >= 11 is 0. The van der Waals surface area contributed by atoms with E-state index in [4.69, 9.17) is 0 Å². The summed E-state index contributed by atoms with van der Waals surface area (Å²) < 4.78 is 0. The molecule has 1 aliphatic heterocycles. The summed E-state index contributed by atoms with van der Waals surface area (Å²) in [5.41, 5.74) is 0.0964. The molecule has 1 amide bonds. The topological polar surface area (TPSA) is 61.4 Å². The lowest BCUT2D eigenvalue weighted by Crippen LogP contribution is -2.36. The standard InChI is InChI=1S/C14H28N2O2/c1-14(2,3)9-12(17)10-16-13(18)8-11-4-6-15-7-5-11/h11-12,15,17H,4-10H2,1-3H3,(H,16,18). The van der Waals surface area contributed by atoms with Gasteiger partial charge >= 0.3 is 0 Å². The minimum Gasteiger partial charge on any atom is -0.391 e. The number of amides is 1. The highest BCUT2D eigenvalue weighted by Gasteiger charge is 2.19. The molecule has 4 nitrogen and oxygen atoms in total. The molecular weight excluding hydrogens is 228 g/mol. The molecule has 1 unspecified atom stereocenters. The fourth-order valence-electron chi connectivity index (χ4n) is 2.43. The van der Waals surface area contributed by atoms with Crippen LogP contribution < -0.4 is 10.6 Å². The molecule has 3 N–H and O–H groups in total. The van der Waals surface area contributed by atoms with Crippen LogP contribution in [0.4, 0.5) is 0 Å². The van der Waals surface area contributed by atoms with Gasteiger partial charge in [0.1, 0.15) is 0 Å². The Morgan fingerprint density at radius 1 is 1.39 bits per heavy atom. The number of hydrogen-bond donors (Lipinski definition) is 3. The van der Waals surface area contributed by atoms with Crippen molar-refractivity contribution < 1.29 is 9.90 Å². The predicted octanol–water partition coefficient (Wildman–Crippen LogP) is 1.29. The largest absolute Gasteiger partial charge is 0.391 e. The number of carbonyl (C=O) groups excluding carboxylic acids is 1. The van der Waals surface area contributed by atoms with Gasteiger partial charge in [-0.15, -0.1) is 0 Å². The van der Waals surface area contributed by atoms with Crippen LogP contribution >= 0.6 is 0 Å². The molecule has 1 rings (SSSR count). The van der Waals surface area contributed by atoms with E-state index in [-0.39, 0.29) is 11.3 Å². The monoisotopic (exact) mass is 256 g/mol. The van der Waals surface area contributed by atoms with Crippen LogP contribution in [0, 0.1) is 11.3 Å². The molecule has 0 bridgehead atoms. The van der Waals surface area contributed by atoms with Crippen LogP contribution in [-0.2, 0) is 4.79 Å². The Labute approximate surface area is 111 Å². The van der Waals surface area contributed by atoms with Crippen LogP contribution in [0.15, 0.2) is 0 Å². The molecule has 1 aliphatic rings.